The minimum absolute atomic E-state index is 0.0958. The van der Waals surface area contributed by atoms with Gasteiger partial charge in [-0.3, -0.25) is 11.3 Å². The van der Waals surface area contributed by atoms with E-state index in [2.05, 4.69) is 5.43 Å². The molecular formula is C17H21FN2O. The third-order valence-corrected chi connectivity index (χ3v) is 3.71. The standard InChI is InChI=1S/C17H21FN2O/c1-12-10-15(18)9-8-14(12)11-16(20-19)17(21-2)13-6-4-3-5-7-13/h3-10,16-17,20H,11,19H2,1-2H3. The van der Waals surface area contributed by atoms with E-state index in [0.29, 0.717) is 6.42 Å². The van der Waals surface area contributed by atoms with Crippen LogP contribution < -0.4 is 11.3 Å². The van der Waals surface area contributed by atoms with Crippen LogP contribution in [-0.4, -0.2) is 13.2 Å². The van der Waals surface area contributed by atoms with Crippen molar-refractivity contribution in [2.45, 2.75) is 25.5 Å². The Labute approximate surface area is 124 Å². The number of methoxy groups -OCH3 is 1. The van der Waals surface area contributed by atoms with E-state index in [4.69, 9.17) is 10.6 Å². The van der Waals surface area contributed by atoms with E-state index in [-0.39, 0.29) is 18.0 Å². The molecule has 0 aliphatic heterocycles. The molecule has 2 rings (SSSR count). The van der Waals surface area contributed by atoms with Crippen molar-refractivity contribution in [1.82, 2.24) is 5.43 Å². The Morgan fingerprint density at radius 3 is 2.48 bits per heavy atom. The first kappa shape index (κ1) is 15.6. The number of aryl methyl sites for hydroxylation is 1. The number of nitrogens with one attached hydrogen (secondary N) is 1. The molecule has 0 aliphatic rings. The van der Waals surface area contributed by atoms with Crippen LogP contribution in [0, 0.1) is 12.7 Å². The Bertz CT molecular complexity index is 574. The molecule has 2 atom stereocenters. The number of ether oxygens (including phenoxy) is 1. The monoisotopic (exact) mass is 288 g/mol. The normalized spacial score (nSPS) is 13.9. The number of nitrogens with two attached hydrogens (primary N) is 1. The summed E-state index contributed by atoms with van der Waals surface area (Å²) in [5.41, 5.74) is 5.85. The number of rotatable bonds is 6. The Hall–Kier alpha value is -1.75. The summed E-state index contributed by atoms with van der Waals surface area (Å²) in [6, 6.07) is 14.6. The van der Waals surface area contributed by atoms with Gasteiger partial charge in [-0.05, 0) is 42.2 Å². The molecule has 2 unspecified atom stereocenters. The van der Waals surface area contributed by atoms with E-state index < -0.39 is 0 Å². The van der Waals surface area contributed by atoms with Crippen LogP contribution in [0.1, 0.15) is 22.8 Å². The Kier molecular flexibility index (Phi) is 5.44. The lowest BCUT2D eigenvalue weighted by atomic mass is 9.94. The van der Waals surface area contributed by atoms with Crippen LogP contribution >= 0.6 is 0 Å². The van der Waals surface area contributed by atoms with Crippen LogP contribution in [0.15, 0.2) is 48.5 Å². The van der Waals surface area contributed by atoms with Crippen molar-refractivity contribution in [1.29, 1.82) is 0 Å². The van der Waals surface area contributed by atoms with Gasteiger partial charge in [-0.1, -0.05) is 36.4 Å². The summed E-state index contributed by atoms with van der Waals surface area (Å²) in [6.45, 7) is 1.90. The van der Waals surface area contributed by atoms with Gasteiger partial charge in [-0.2, -0.15) is 0 Å². The van der Waals surface area contributed by atoms with Gasteiger partial charge in [-0.25, -0.2) is 4.39 Å². The summed E-state index contributed by atoms with van der Waals surface area (Å²) in [7, 11) is 1.67. The number of benzene rings is 2. The Morgan fingerprint density at radius 1 is 1.19 bits per heavy atom. The molecule has 4 heteroatoms. The predicted molar refractivity (Wildman–Crippen MR) is 82.1 cm³/mol. The molecule has 0 aliphatic carbocycles. The second kappa shape index (κ2) is 7.31. The smallest absolute Gasteiger partial charge is 0.123 e. The molecule has 21 heavy (non-hydrogen) atoms. The van der Waals surface area contributed by atoms with Gasteiger partial charge in [0.15, 0.2) is 0 Å². The third kappa shape index (κ3) is 3.88. The van der Waals surface area contributed by atoms with E-state index >= 15 is 0 Å². The fourth-order valence-corrected chi connectivity index (χ4v) is 2.55. The molecule has 0 aromatic heterocycles. The average Bonchev–Trinajstić information content (AvgIpc) is 2.50. The van der Waals surface area contributed by atoms with Crippen molar-refractivity contribution < 1.29 is 9.13 Å². The van der Waals surface area contributed by atoms with Crippen LogP contribution in [0.4, 0.5) is 4.39 Å². The lowest BCUT2D eigenvalue weighted by Crippen LogP contribution is -2.42. The Morgan fingerprint density at radius 2 is 1.90 bits per heavy atom. The highest BCUT2D eigenvalue weighted by Gasteiger charge is 2.22. The topological polar surface area (TPSA) is 47.3 Å². The van der Waals surface area contributed by atoms with Crippen molar-refractivity contribution in [3.63, 3.8) is 0 Å². The highest BCUT2D eigenvalue weighted by atomic mass is 19.1. The molecule has 0 saturated heterocycles. The quantitative estimate of drug-likeness (QED) is 0.634. The lowest BCUT2D eigenvalue weighted by Gasteiger charge is -2.26. The highest BCUT2D eigenvalue weighted by molar-refractivity contribution is 5.28. The van der Waals surface area contributed by atoms with Gasteiger partial charge >= 0.3 is 0 Å². The highest BCUT2D eigenvalue weighted by Crippen LogP contribution is 2.24. The predicted octanol–water partition coefficient (Wildman–Crippen LogP) is 2.90. The summed E-state index contributed by atoms with van der Waals surface area (Å²) in [5, 5.41) is 0. The summed E-state index contributed by atoms with van der Waals surface area (Å²) in [4.78, 5) is 0. The zero-order valence-corrected chi connectivity index (χ0v) is 12.3. The van der Waals surface area contributed by atoms with Crippen LogP contribution in [-0.2, 0) is 11.2 Å². The van der Waals surface area contributed by atoms with Gasteiger partial charge < -0.3 is 4.74 Å². The minimum Gasteiger partial charge on any atom is -0.375 e. The zero-order valence-electron chi connectivity index (χ0n) is 12.3. The Balaban J connectivity index is 2.22. The molecule has 0 amide bonds. The molecule has 3 N–H and O–H groups in total. The third-order valence-electron chi connectivity index (χ3n) is 3.71. The molecule has 0 saturated carbocycles. The van der Waals surface area contributed by atoms with Gasteiger partial charge in [0.2, 0.25) is 0 Å². The molecule has 3 nitrogen and oxygen atoms in total. The first-order valence-electron chi connectivity index (χ1n) is 6.94. The summed E-state index contributed by atoms with van der Waals surface area (Å²) in [6.07, 6.45) is 0.497. The van der Waals surface area contributed by atoms with Gasteiger partial charge in [0.1, 0.15) is 5.82 Å². The fourth-order valence-electron chi connectivity index (χ4n) is 2.55. The average molecular weight is 288 g/mol. The molecule has 0 fully saturated rings. The van der Waals surface area contributed by atoms with Gasteiger partial charge in [0.05, 0.1) is 12.1 Å². The summed E-state index contributed by atoms with van der Waals surface area (Å²) < 4.78 is 18.8. The van der Waals surface area contributed by atoms with Crippen molar-refractivity contribution >= 4 is 0 Å². The van der Waals surface area contributed by atoms with Crippen LogP contribution in [0.25, 0.3) is 0 Å². The van der Waals surface area contributed by atoms with E-state index in [0.717, 1.165) is 16.7 Å². The molecule has 0 radical (unpaired) electrons. The van der Waals surface area contributed by atoms with E-state index in [1.807, 2.05) is 37.3 Å². The van der Waals surface area contributed by atoms with Crippen LogP contribution in [0.5, 0.6) is 0 Å². The maximum Gasteiger partial charge on any atom is 0.123 e. The van der Waals surface area contributed by atoms with Gasteiger partial charge in [-0.15, -0.1) is 0 Å². The molecule has 0 bridgehead atoms. The fraction of sp³-hybridized carbons (Fsp3) is 0.294. The molecule has 112 valence electrons. The number of halogens is 1. The van der Waals surface area contributed by atoms with Crippen molar-refractivity contribution in [3.8, 4) is 0 Å². The van der Waals surface area contributed by atoms with Crippen LogP contribution in [0.2, 0.25) is 0 Å². The number of hydrazine groups is 1. The molecule has 2 aromatic carbocycles. The van der Waals surface area contributed by atoms with E-state index in [9.17, 15) is 4.39 Å². The lowest BCUT2D eigenvalue weighted by molar-refractivity contribution is 0.0678. The van der Waals surface area contributed by atoms with Crippen LogP contribution in [0.3, 0.4) is 0 Å². The number of hydrogen-bond acceptors (Lipinski definition) is 3. The van der Waals surface area contributed by atoms with Crippen molar-refractivity contribution in [3.05, 3.63) is 71.0 Å². The first-order chi connectivity index (χ1) is 10.2. The van der Waals surface area contributed by atoms with Crippen molar-refractivity contribution in [2.75, 3.05) is 7.11 Å². The first-order valence-corrected chi connectivity index (χ1v) is 6.94. The second-order valence-corrected chi connectivity index (χ2v) is 5.12. The second-order valence-electron chi connectivity index (χ2n) is 5.12. The van der Waals surface area contributed by atoms with E-state index in [1.54, 1.807) is 13.2 Å². The van der Waals surface area contributed by atoms with E-state index in [1.165, 1.54) is 12.1 Å². The molecule has 0 heterocycles. The summed E-state index contributed by atoms with van der Waals surface area (Å²) >= 11 is 0. The molecule has 0 spiro atoms. The maximum absolute atomic E-state index is 13.2. The summed E-state index contributed by atoms with van der Waals surface area (Å²) in [5.74, 6) is 5.49. The number of hydrogen-bond donors (Lipinski definition) is 2. The molecular weight excluding hydrogens is 267 g/mol. The minimum atomic E-state index is -0.222. The van der Waals surface area contributed by atoms with Crippen molar-refractivity contribution in [2.24, 2.45) is 5.84 Å². The largest absolute Gasteiger partial charge is 0.375 e. The van der Waals surface area contributed by atoms with Gasteiger partial charge in [0, 0.05) is 7.11 Å². The maximum atomic E-state index is 13.2. The zero-order chi connectivity index (χ0) is 15.2. The van der Waals surface area contributed by atoms with Gasteiger partial charge in [0.25, 0.3) is 0 Å². The molecule has 2 aromatic rings. The SMILES string of the molecule is COC(c1ccccc1)C(Cc1ccc(F)cc1C)NN.